The van der Waals surface area contributed by atoms with Gasteiger partial charge in [-0.25, -0.2) is 4.79 Å². The van der Waals surface area contributed by atoms with E-state index in [1.54, 1.807) is 22.3 Å². The van der Waals surface area contributed by atoms with Gasteiger partial charge in [-0.1, -0.05) is 30.3 Å². The van der Waals surface area contributed by atoms with E-state index >= 15 is 0 Å². The molecule has 0 unspecified atom stereocenters. The second-order valence-electron chi connectivity index (χ2n) is 6.85. The number of rotatable bonds is 8. The summed E-state index contributed by atoms with van der Waals surface area (Å²) in [7, 11) is 0. The van der Waals surface area contributed by atoms with Crippen LogP contribution >= 0.6 is 22.7 Å². The summed E-state index contributed by atoms with van der Waals surface area (Å²) in [6, 6.07) is 17.8. The molecule has 0 fully saturated rings. The molecule has 4 rings (SSSR count). The van der Waals surface area contributed by atoms with E-state index in [-0.39, 0.29) is 12.5 Å². The predicted molar refractivity (Wildman–Crippen MR) is 118 cm³/mol. The fourth-order valence-corrected chi connectivity index (χ4v) is 4.66. The Morgan fingerprint density at radius 2 is 1.90 bits per heavy atom. The van der Waals surface area contributed by atoms with Gasteiger partial charge in [0, 0.05) is 16.3 Å². The first-order chi connectivity index (χ1) is 14.6. The number of hydrogen-bond donors (Lipinski definition) is 0. The van der Waals surface area contributed by atoms with E-state index in [1.807, 2.05) is 42.6 Å². The Morgan fingerprint density at radius 3 is 2.60 bits per heavy atom. The van der Waals surface area contributed by atoms with Crippen LogP contribution in [0.2, 0.25) is 0 Å². The molecule has 154 valence electrons. The molecule has 0 saturated heterocycles. The highest BCUT2D eigenvalue weighted by atomic mass is 32.1. The molecule has 0 N–H and O–H groups in total. The van der Waals surface area contributed by atoms with Gasteiger partial charge in [0.2, 0.25) is 5.91 Å². The zero-order chi connectivity index (χ0) is 20.9. The van der Waals surface area contributed by atoms with Gasteiger partial charge in [-0.15, -0.1) is 22.7 Å². The Balaban J connectivity index is 1.50. The second kappa shape index (κ2) is 9.19. The van der Waals surface area contributed by atoms with E-state index in [1.165, 1.54) is 26.5 Å². The molecule has 7 nitrogen and oxygen atoms in total. The maximum atomic E-state index is 13.1. The largest absolute Gasteiger partial charge is 0.369 e. The van der Waals surface area contributed by atoms with E-state index in [0.29, 0.717) is 18.1 Å². The molecule has 3 heterocycles. The molecule has 0 bridgehead atoms. The van der Waals surface area contributed by atoms with Gasteiger partial charge in [0.25, 0.3) is 0 Å². The molecule has 0 aliphatic heterocycles. The summed E-state index contributed by atoms with van der Waals surface area (Å²) >= 11 is 3.07. The molecule has 1 aromatic carbocycles. The van der Waals surface area contributed by atoms with Crippen LogP contribution in [0.1, 0.15) is 15.3 Å². The van der Waals surface area contributed by atoms with Gasteiger partial charge in [-0.05, 0) is 59.0 Å². The van der Waals surface area contributed by atoms with Gasteiger partial charge in [0.1, 0.15) is 11.5 Å². The topological polar surface area (TPSA) is 73.0 Å². The lowest BCUT2D eigenvalue weighted by atomic mass is 10.1. The van der Waals surface area contributed by atoms with Gasteiger partial charge in [0.15, 0.2) is 0 Å². The predicted octanol–water partition coefficient (Wildman–Crippen LogP) is 3.13. The lowest BCUT2D eigenvalue weighted by molar-refractivity contribution is -0.132. The van der Waals surface area contributed by atoms with Crippen LogP contribution in [0.25, 0.3) is 5.00 Å². The number of nitrogens with zero attached hydrogens (tertiary/aromatic N) is 5. The molecule has 0 spiro atoms. The van der Waals surface area contributed by atoms with E-state index in [9.17, 15) is 9.59 Å². The van der Waals surface area contributed by atoms with E-state index < -0.39 is 5.69 Å². The first-order valence-electron chi connectivity index (χ1n) is 9.54. The number of benzene rings is 1. The highest BCUT2D eigenvalue weighted by Gasteiger charge is 2.19. The summed E-state index contributed by atoms with van der Waals surface area (Å²) in [4.78, 5) is 29.8. The second-order valence-corrected chi connectivity index (χ2v) is 9.14. The fourth-order valence-electron chi connectivity index (χ4n) is 3.09. The van der Waals surface area contributed by atoms with Crippen LogP contribution in [-0.4, -0.2) is 37.1 Å². The molecule has 0 atom stereocenters. The SMILES string of the molecule is Cc1ccc(CN(CCc2ccccc2)C(=O)Cn2nnn(-c3cccs3)c2=O)s1. The Kier molecular flexibility index (Phi) is 6.20. The lowest BCUT2D eigenvalue weighted by Gasteiger charge is -2.22. The van der Waals surface area contributed by atoms with E-state index in [2.05, 4.69) is 28.6 Å². The summed E-state index contributed by atoms with van der Waals surface area (Å²) in [5.41, 5.74) is 0.749. The number of carbonyl (C=O) groups excluding carboxylic acids is 1. The third-order valence-electron chi connectivity index (χ3n) is 4.65. The number of aryl methyl sites for hydroxylation is 1. The van der Waals surface area contributed by atoms with Gasteiger partial charge < -0.3 is 4.90 Å². The van der Waals surface area contributed by atoms with Crippen molar-refractivity contribution in [2.75, 3.05) is 6.54 Å². The molecule has 0 radical (unpaired) electrons. The van der Waals surface area contributed by atoms with Crippen molar-refractivity contribution < 1.29 is 4.79 Å². The molecule has 4 aromatic rings. The summed E-state index contributed by atoms with van der Waals surface area (Å²) < 4.78 is 2.34. The molecule has 3 aromatic heterocycles. The molecular weight excluding hydrogens is 418 g/mol. The molecule has 0 saturated carbocycles. The molecule has 0 aliphatic rings. The van der Waals surface area contributed by atoms with Crippen LogP contribution in [0.4, 0.5) is 0 Å². The normalized spacial score (nSPS) is 11.0. The van der Waals surface area contributed by atoms with Crippen LogP contribution in [0, 0.1) is 6.92 Å². The fraction of sp³-hybridized carbons (Fsp3) is 0.238. The van der Waals surface area contributed by atoms with Crippen molar-refractivity contribution in [1.82, 2.24) is 24.7 Å². The summed E-state index contributed by atoms with van der Waals surface area (Å²) in [6.45, 7) is 2.99. The Hall–Kier alpha value is -3.04. The van der Waals surface area contributed by atoms with E-state index in [0.717, 1.165) is 16.0 Å². The Labute approximate surface area is 181 Å². The number of aromatic nitrogens is 4. The standard InChI is InChI=1S/C21H21N5O2S2/c1-16-9-10-18(30-16)14-24(12-11-17-6-3-2-4-7-17)19(27)15-25-21(28)26(23-22-25)20-8-5-13-29-20/h2-10,13H,11-12,14-15H2,1H3. The van der Waals surface area contributed by atoms with Gasteiger partial charge >= 0.3 is 5.69 Å². The number of thiophene rings is 2. The van der Waals surface area contributed by atoms with Crippen molar-refractivity contribution in [3.05, 3.63) is 85.8 Å². The van der Waals surface area contributed by atoms with Crippen molar-refractivity contribution in [2.45, 2.75) is 26.4 Å². The number of hydrogen-bond acceptors (Lipinski definition) is 6. The summed E-state index contributed by atoms with van der Waals surface area (Å²) in [5, 5.41) is 10.3. The van der Waals surface area contributed by atoms with Crippen molar-refractivity contribution in [3.8, 4) is 5.00 Å². The molecular formula is C21H21N5O2S2. The van der Waals surface area contributed by atoms with E-state index in [4.69, 9.17) is 0 Å². The lowest BCUT2D eigenvalue weighted by Crippen LogP contribution is -2.37. The van der Waals surface area contributed by atoms with Gasteiger partial charge in [-0.3, -0.25) is 4.79 Å². The minimum atomic E-state index is -0.416. The molecule has 9 heteroatoms. The Morgan fingerprint density at radius 1 is 1.07 bits per heavy atom. The zero-order valence-electron chi connectivity index (χ0n) is 16.5. The number of amides is 1. The van der Waals surface area contributed by atoms with Crippen LogP contribution in [0.5, 0.6) is 0 Å². The van der Waals surface area contributed by atoms with Crippen molar-refractivity contribution >= 4 is 28.6 Å². The summed E-state index contributed by atoms with van der Waals surface area (Å²) in [6.07, 6.45) is 0.744. The van der Waals surface area contributed by atoms with Gasteiger partial charge in [-0.2, -0.15) is 9.36 Å². The van der Waals surface area contributed by atoms with Crippen molar-refractivity contribution in [3.63, 3.8) is 0 Å². The molecule has 1 amide bonds. The monoisotopic (exact) mass is 439 g/mol. The average Bonchev–Trinajstić information content (AvgIpc) is 3.49. The Bertz CT molecular complexity index is 1160. The smallest absolute Gasteiger partial charge is 0.336 e. The third-order valence-corrected chi connectivity index (χ3v) is 6.48. The van der Waals surface area contributed by atoms with Crippen LogP contribution < -0.4 is 5.69 Å². The number of carbonyl (C=O) groups is 1. The summed E-state index contributed by atoms with van der Waals surface area (Å²) in [5.74, 6) is -0.155. The quantitative estimate of drug-likeness (QED) is 0.423. The number of tetrazole rings is 1. The van der Waals surface area contributed by atoms with Crippen LogP contribution in [0.3, 0.4) is 0 Å². The molecule has 0 aliphatic carbocycles. The highest BCUT2D eigenvalue weighted by molar-refractivity contribution is 7.12. The van der Waals surface area contributed by atoms with Crippen LogP contribution in [0.15, 0.2) is 64.8 Å². The average molecular weight is 440 g/mol. The van der Waals surface area contributed by atoms with Gasteiger partial charge in [0.05, 0.1) is 6.54 Å². The van der Waals surface area contributed by atoms with Crippen molar-refractivity contribution in [1.29, 1.82) is 0 Å². The maximum Gasteiger partial charge on any atom is 0.369 e. The zero-order valence-corrected chi connectivity index (χ0v) is 18.1. The minimum absolute atomic E-state index is 0.136. The first-order valence-corrected chi connectivity index (χ1v) is 11.2. The maximum absolute atomic E-state index is 13.1. The highest BCUT2D eigenvalue weighted by Crippen LogP contribution is 2.18. The first kappa shape index (κ1) is 20.2. The van der Waals surface area contributed by atoms with Crippen molar-refractivity contribution in [2.24, 2.45) is 0 Å². The van der Waals surface area contributed by atoms with Crippen LogP contribution in [-0.2, 0) is 24.3 Å². The minimum Gasteiger partial charge on any atom is -0.336 e. The molecule has 30 heavy (non-hydrogen) atoms. The third kappa shape index (κ3) is 4.74.